The first-order chi connectivity index (χ1) is 29.3. The van der Waals surface area contributed by atoms with Crippen molar-refractivity contribution < 1.29 is 9.59 Å². The van der Waals surface area contributed by atoms with Crippen molar-refractivity contribution in [2.75, 3.05) is 4.90 Å². The van der Waals surface area contributed by atoms with Crippen molar-refractivity contribution in [3.8, 4) is 33.4 Å². The number of carbonyl (C=O) groups is 2. The summed E-state index contributed by atoms with van der Waals surface area (Å²) in [5.41, 5.74) is 15.0. The van der Waals surface area contributed by atoms with Crippen molar-refractivity contribution >= 4 is 56.2 Å². The Morgan fingerprint density at radius 1 is 0.400 bits per heavy atom. The lowest BCUT2D eigenvalue weighted by Gasteiger charge is -2.28. The van der Waals surface area contributed by atoms with E-state index >= 15 is 0 Å². The molecule has 3 nitrogen and oxygen atoms in total. The molecule has 0 N–H and O–H groups in total. The van der Waals surface area contributed by atoms with Gasteiger partial charge in [0.2, 0.25) is 0 Å². The van der Waals surface area contributed by atoms with Crippen LogP contribution >= 0.6 is 0 Å². The molecule has 2 aliphatic carbocycles. The molecule has 0 saturated heterocycles. The van der Waals surface area contributed by atoms with Gasteiger partial charge in [-0.2, -0.15) is 0 Å². The molecule has 9 aromatic rings. The molecule has 0 aromatic heterocycles. The van der Waals surface area contributed by atoms with E-state index in [4.69, 9.17) is 0 Å². The van der Waals surface area contributed by atoms with Crippen molar-refractivity contribution in [1.82, 2.24) is 0 Å². The molecular formula is C57H39NO2. The number of benzene rings is 9. The number of fused-ring (bicyclic) bond motifs is 6. The van der Waals surface area contributed by atoms with E-state index in [0.717, 1.165) is 55.3 Å². The summed E-state index contributed by atoms with van der Waals surface area (Å²) in [6.45, 7) is 4.65. The fourth-order valence-electron chi connectivity index (χ4n) is 9.43. The monoisotopic (exact) mass is 769 g/mol. The second kappa shape index (κ2) is 13.8. The highest BCUT2D eigenvalue weighted by Gasteiger charge is 2.36. The van der Waals surface area contributed by atoms with Gasteiger partial charge in [-0.25, -0.2) is 0 Å². The van der Waals surface area contributed by atoms with Crippen molar-refractivity contribution in [3.05, 3.63) is 228 Å². The van der Waals surface area contributed by atoms with Gasteiger partial charge in [0, 0.05) is 33.5 Å². The van der Waals surface area contributed by atoms with Crippen molar-refractivity contribution in [2.24, 2.45) is 0 Å². The zero-order valence-electron chi connectivity index (χ0n) is 33.3. The molecule has 0 heterocycles. The molecule has 0 fully saturated rings. The zero-order chi connectivity index (χ0) is 40.5. The number of hydrogen-bond acceptors (Lipinski definition) is 3. The number of rotatable bonds is 6. The summed E-state index contributed by atoms with van der Waals surface area (Å²) >= 11 is 0. The van der Waals surface area contributed by atoms with Crippen LogP contribution in [0.1, 0.15) is 51.3 Å². The van der Waals surface area contributed by atoms with E-state index in [9.17, 15) is 9.59 Å². The highest BCUT2D eigenvalue weighted by Crippen LogP contribution is 2.50. The maximum Gasteiger partial charge on any atom is 0.197 e. The Morgan fingerprint density at radius 3 is 1.72 bits per heavy atom. The summed E-state index contributed by atoms with van der Waals surface area (Å²) in [6, 6.07) is 67.8. The minimum atomic E-state index is -0.222. The molecule has 0 unspecified atom stereocenters. The molecular weight excluding hydrogens is 731 g/mol. The van der Waals surface area contributed by atoms with Gasteiger partial charge in [-0.05, 0) is 127 Å². The Kier molecular flexibility index (Phi) is 8.14. The van der Waals surface area contributed by atoms with Crippen LogP contribution in [0.15, 0.2) is 200 Å². The third kappa shape index (κ3) is 5.73. The normalized spacial score (nSPS) is 13.7. The molecule has 0 radical (unpaired) electrons. The number of carbonyl (C=O) groups excluding carboxylic acids is 2. The van der Waals surface area contributed by atoms with Crippen LogP contribution in [0, 0.1) is 0 Å². The van der Waals surface area contributed by atoms with Gasteiger partial charge < -0.3 is 4.90 Å². The zero-order valence-corrected chi connectivity index (χ0v) is 33.3. The Hall–Kier alpha value is -7.62. The second-order valence-electron chi connectivity index (χ2n) is 16.4. The fourth-order valence-corrected chi connectivity index (χ4v) is 9.43. The number of allylic oxidation sites excluding steroid dienone is 1. The summed E-state index contributed by atoms with van der Waals surface area (Å²) in [5.74, 6) is -0.443. The van der Waals surface area contributed by atoms with Gasteiger partial charge in [0.15, 0.2) is 11.6 Å². The van der Waals surface area contributed by atoms with Gasteiger partial charge in [0.05, 0.1) is 11.3 Å². The molecule has 0 bridgehead atoms. The first-order valence-electron chi connectivity index (χ1n) is 20.5. The van der Waals surface area contributed by atoms with Gasteiger partial charge >= 0.3 is 0 Å². The quantitative estimate of drug-likeness (QED) is 0.125. The van der Waals surface area contributed by atoms with E-state index in [2.05, 4.69) is 164 Å². The number of ketones is 2. The summed E-state index contributed by atoms with van der Waals surface area (Å²) < 4.78 is 0. The SMILES string of the molecule is CC1(C)c2ccccc2-c2ccc(-c3ccc(N(c4ccc5cc(C=C6C(=O)c7cc8ccccc8cc7C6=O)ccc5c4)c4ccccc4-c4ccccc4)cc3)cc21. The average molecular weight is 770 g/mol. The standard InChI is InChI=1S/C57H39NO2/c1-57(2)52-18-10-8-17-47(52)48-29-25-43(35-53(48)57)37-22-26-44(27-23-37)58(54-19-11-9-16-46(54)38-12-4-3-5-13-38)45-28-24-41-30-36(20-21-42(41)32-45)31-51-55(59)49-33-39-14-6-7-15-40(39)34-50(49)56(51)60/h3-35H,1-2H3. The highest BCUT2D eigenvalue weighted by atomic mass is 16.2. The maximum absolute atomic E-state index is 13.6. The van der Waals surface area contributed by atoms with Gasteiger partial charge in [-0.3, -0.25) is 9.59 Å². The first kappa shape index (κ1) is 35.5. The molecule has 0 saturated carbocycles. The Bertz CT molecular complexity index is 3210. The van der Waals surface area contributed by atoms with Gasteiger partial charge in [0.25, 0.3) is 0 Å². The van der Waals surface area contributed by atoms with Crippen LogP contribution in [0.4, 0.5) is 17.1 Å². The molecule has 0 atom stereocenters. The molecule has 3 heteroatoms. The smallest absolute Gasteiger partial charge is 0.197 e. The van der Waals surface area contributed by atoms with Crippen LogP contribution in [-0.2, 0) is 5.41 Å². The predicted octanol–water partition coefficient (Wildman–Crippen LogP) is 14.6. The van der Waals surface area contributed by atoms with E-state index < -0.39 is 0 Å². The van der Waals surface area contributed by atoms with E-state index in [1.807, 2.05) is 48.5 Å². The van der Waals surface area contributed by atoms with Gasteiger partial charge in [0.1, 0.15) is 0 Å². The number of nitrogens with zero attached hydrogens (tertiary/aromatic N) is 1. The molecule has 11 rings (SSSR count). The minimum absolute atomic E-state index is 0.0691. The number of Topliss-reactive ketones (excluding diaryl/α,β-unsaturated/α-hetero) is 2. The number of anilines is 3. The number of para-hydroxylation sites is 1. The van der Waals surface area contributed by atoms with Crippen LogP contribution in [0.3, 0.4) is 0 Å². The van der Waals surface area contributed by atoms with Gasteiger partial charge in [-0.1, -0.05) is 153 Å². The van der Waals surface area contributed by atoms with Crippen LogP contribution in [-0.4, -0.2) is 11.6 Å². The fraction of sp³-hybridized carbons (Fsp3) is 0.0526. The Morgan fingerprint density at radius 2 is 0.967 bits per heavy atom. The van der Waals surface area contributed by atoms with Crippen molar-refractivity contribution in [3.63, 3.8) is 0 Å². The Balaban J connectivity index is 0.969. The van der Waals surface area contributed by atoms with Crippen molar-refractivity contribution in [1.29, 1.82) is 0 Å². The van der Waals surface area contributed by atoms with Crippen LogP contribution in [0.5, 0.6) is 0 Å². The van der Waals surface area contributed by atoms with Crippen LogP contribution in [0.25, 0.3) is 61.0 Å². The topological polar surface area (TPSA) is 37.4 Å². The van der Waals surface area contributed by atoms with Crippen molar-refractivity contribution in [2.45, 2.75) is 19.3 Å². The van der Waals surface area contributed by atoms with Crippen LogP contribution in [0.2, 0.25) is 0 Å². The minimum Gasteiger partial charge on any atom is -0.310 e. The molecule has 284 valence electrons. The second-order valence-corrected chi connectivity index (χ2v) is 16.4. The third-order valence-corrected chi connectivity index (χ3v) is 12.6. The molecule has 0 aliphatic heterocycles. The summed E-state index contributed by atoms with van der Waals surface area (Å²) in [4.78, 5) is 29.4. The van der Waals surface area contributed by atoms with E-state index in [1.165, 1.54) is 33.4 Å². The summed E-state index contributed by atoms with van der Waals surface area (Å²) in [5, 5.41) is 3.97. The van der Waals surface area contributed by atoms with Gasteiger partial charge in [-0.15, -0.1) is 0 Å². The Labute approximate surface area is 349 Å². The molecule has 0 spiro atoms. The molecule has 60 heavy (non-hydrogen) atoms. The summed E-state index contributed by atoms with van der Waals surface area (Å²) in [7, 11) is 0. The van der Waals surface area contributed by atoms with E-state index in [-0.39, 0.29) is 22.6 Å². The third-order valence-electron chi connectivity index (χ3n) is 12.6. The van der Waals surface area contributed by atoms with E-state index in [0.29, 0.717) is 11.1 Å². The molecule has 0 amide bonds. The lowest BCUT2D eigenvalue weighted by molar-refractivity contribution is 0.0990. The van der Waals surface area contributed by atoms with E-state index in [1.54, 1.807) is 6.08 Å². The lowest BCUT2D eigenvalue weighted by atomic mass is 9.81. The van der Waals surface area contributed by atoms with Crippen LogP contribution < -0.4 is 4.90 Å². The lowest BCUT2D eigenvalue weighted by Crippen LogP contribution is -2.14. The molecule has 9 aromatic carbocycles. The predicted molar refractivity (Wildman–Crippen MR) is 248 cm³/mol. The largest absolute Gasteiger partial charge is 0.310 e. The number of hydrogen-bond donors (Lipinski definition) is 0. The average Bonchev–Trinajstić information content (AvgIpc) is 3.66. The maximum atomic E-state index is 13.6. The molecule has 2 aliphatic rings. The first-order valence-corrected chi connectivity index (χ1v) is 20.5. The highest BCUT2D eigenvalue weighted by molar-refractivity contribution is 6.42. The summed E-state index contributed by atoms with van der Waals surface area (Å²) in [6.07, 6.45) is 1.74.